The SMILES string of the molecule is CC(C)Cc1nnc(N2C(=O)CC(SCCC(=O)O)C2=O)s1. The van der Waals surface area contributed by atoms with Crippen LogP contribution in [0.25, 0.3) is 0 Å². The van der Waals surface area contributed by atoms with Gasteiger partial charge in [0.05, 0.1) is 11.7 Å². The van der Waals surface area contributed by atoms with E-state index >= 15 is 0 Å². The fourth-order valence-electron chi connectivity index (χ4n) is 1.99. The van der Waals surface area contributed by atoms with Gasteiger partial charge in [0.25, 0.3) is 0 Å². The van der Waals surface area contributed by atoms with E-state index < -0.39 is 11.2 Å². The molecule has 2 amide bonds. The molecule has 0 bridgehead atoms. The van der Waals surface area contributed by atoms with Gasteiger partial charge in [0.1, 0.15) is 5.01 Å². The zero-order valence-electron chi connectivity index (χ0n) is 12.3. The van der Waals surface area contributed by atoms with Crippen LogP contribution in [-0.2, 0) is 20.8 Å². The van der Waals surface area contributed by atoms with Crippen LogP contribution in [0.5, 0.6) is 0 Å². The van der Waals surface area contributed by atoms with E-state index in [9.17, 15) is 14.4 Å². The molecule has 7 nitrogen and oxygen atoms in total. The lowest BCUT2D eigenvalue weighted by Crippen LogP contribution is -2.31. The summed E-state index contributed by atoms with van der Waals surface area (Å²) in [4.78, 5) is 35.9. The summed E-state index contributed by atoms with van der Waals surface area (Å²) in [5.41, 5.74) is 0. The molecule has 1 aromatic rings. The van der Waals surface area contributed by atoms with Crippen LogP contribution in [0.1, 0.15) is 31.7 Å². The van der Waals surface area contributed by atoms with Gasteiger partial charge >= 0.3 is 5.97 Å². The van der Waals surface area contributed by atoms with Crippen molar-refractivity contribution in [1.82, 2.24) is 10.2 Å². The average molecular weight is 343 g/mol. The van der Waals surface area contributed by atoms with E-state index in [1.165, 1.54) is 23.1 Å². The highest BCUT2D eigenvalue weighted by Crippen LogP contribution is 2.32. The molecule has 2 heterocycles. The number of carboxylic acid groups (broad SMARTS) is 1. The first-order valence-corrected chi connectivity index (χ1v) is 8.77. The first-order valence-electron chi connectivity index (χ1n) is 6.91. The van der Waals surface area contributed by atoms with Crippen LogP contribution in [0.4, 0.5) is 5.13 Å². The van der Waals surface area contributed by atoms with Crippen molar-refractivity contribution in [3.63, 3.8) is 0 Å². The molecule has 0 saturated carbocycles. The summed E-state index contributed by atoms with van der Waals surface area (Å²) >= 11 is 2.46. The molecule has 0 spiro atoms. The van der Waals surface area contributed by atoms with E-state index in [4.69, 9.17) is 5.11 Å². The molecule has 1 unspecified atom stereocenters. The standard InChI is InChI=1S/C13H17N3O4S2/c1-7(2)5-9-14-15-13(22-9)16-10(17)6-8(12(16)20)21-4-3-11(18)19/h7-8H,3-6H2,1-2H3,(H,18,19). The van der Waals surface area contributed by atoms with E-state index in [0.717, 1.165) is 16.3 Å². The summed E-state index contributed by atoms with van der Waals surface area (Å²) in [5, 5.41) is 17.2. The Labute approximate surface area is 136 Å². The first-order chi connectivity index (χ1) is 10.4. The van der Waals surface area contributed by atoms with Gasteiger partial charge in [0.2, 0.25) is 16.9 Å². The molecule has 0 radical (unpaired) electrons. The maximum absolute atomic E-state index is 12.3. The molecule has 1 N–H and O–H groups in total. The highest BCUT2D eigenvalue weighted by Gasteiger charge is 2.41. The summed E-state index contributed by atoms with van der Waals surface area (Å²) in [5.74, 6) is -0.812. The van der Waals surface area contributed by atoms with E-state index in [1.807, 2.05) is 0 Å². The molecule has 0 aromatic carbocycles. The van der Waals surface area contributed by atoms with Crippen LogP contribution in [0.2, 0.25) is 0 Å². The average Bonchev–Trinajstić information content (AvgIpc) is 2.94. The number of imide groups is 1. The van der Waals surface area contributed by atoms with E-state index in [-0.39, 0.29) is 24.7 Å². The first kappa shape index (κ1) is 16.9. The molecule has 1 fully saturated rings. The summed E-state index contributed by atoms with van der Waals surface area (Å²) in [6, 6.07) is 0. The van der Waals surface area contributed by atoms with Gasteiger partial charge in [-0.25, -0.2) is 4.90 Å². The molecule has 0 aliphatic carbocycles. The molecule has 9 heteroatoms. The number of thioether (sulfide) groups is 1. The third kappa shape index (κ3) is 4.04. The number of aromatic nitrogens is 2. The Morgan fingerprint density at radius 1 is 1.45 bits per heavy atom. The van der Waals surface area contributed by atoms with E-state index in [2.05, 4.69) is 24.0 Å². The number of aliphatic carboxylic acids is 1. The highest BCUT2D eigenvalue weighted by atomic mass is 32.2. The minimum Gasteiger partial charge on any atom is -0.481 e. The second kappa shape index (κ2) is 7.19. The number of hydrogen-bond acceptors (Lipinski definition) is 7. The number of nitrogens with zero attached hydrogens (tertiary/aromatic N) is 3. The Morgan fingerprint density at radius 2 is 2.18 bits per heavy atom. The smallest absolute Gasteiger partial charge is 0.304 e. The fraction of sp³-hybridized carbons (Fsp3) is 0.615. The third-order valence-corrected chi connectivity index (χ3v) is 5.11. The number of carbonyl (C=O) groups is 3. The number of amides is 2. The maximum Gasteiger partial charge on any atom is 0.304 e. The molecule has 120 valence electrons. The fourth-order valence-corrected chi connectivity index (χ4v) is 4.15. The maximum atomic E-state index is 12.3. The molecule has 1 atom stereocenters. The van der Waals surface area contributed by atoms with Crippen LogP contribution in [0.3, 0.4) is 0 Å². The van der Waals surface area contributed by atoms with Gasteiger partial charge in [0.15, 0.2) is 0 Å². The number of carboxylic acids is 1. The van der Waals surface area contributed by atoms with Gasteiger partial charge in [-0.1, -0.05) is 25.2 Å². The lowest BCUT2D eigenvalue weighted by Gasteiger charge is -2.10. The van der Waals surface area contributed by atoms with Crippen LogP contribution in [0, 0.1) is 5.92 Å². The Bertz CT molecular complexity index is 588. The lowest BCUT2D eigenvalue weighted by molar-refractivity contribution is -0.136. The van der Waals surface area contributed by atoms with Crippen molar-refractivity contribution < 1.29 is 19.5 Å². The molecular formula is C13H17N3O4S2. The summed E-state index contributed by atoms with van der Waals surface area (Å²) < 4.78 is 0. The summed E-state index contributed by atoms with van der Waals surface area (Å²) in [7, 11) is 0. The van der Waals surface area contributed by atoms with Crippen molar-refractivity contribution in [3.05, 3.63) is 5.01 Å². The molecular weight excluding hydrogens is 326 g/mol. The highest BCUT2D eigenvalue weighted by molar-refractivity contribution is 8.00. The molecule has 22 heavy (non-hydrogen) atoms. The van der Waals surface area contributed by atoms with Gasteiger partial charge in [-0.05, 0) is 5.92 Å². The predicted octanol–water partition coefficient (Wildman–Crippen LogP) is 1.58. The zero-order chi connectivity index (χ0) is 16.3. The predicted molar refractivity (Wildman–Crippen MR) is 84.1 cm³/mol. The van der Waals surface area contributed by atoms with Gasteiger partial charge in [-0.2, -0.15) is 0 Å². The van der Waals surface area contributed by atoms with Gasteiger partial charge in [-0.3, -0.25) is 14.4 Å². The molecule has 1 saturated heterocycles. The van der Waals surface area contributed by atoms with Crippen LogP contribution in [0.15, 0.2) is 0 Å². The summed E-state index contributed by atoms with van der Waals surface area (Å²) in [6.45, 7) is 4.12. The van der Waals surface area contributed by atoms with Gasteiger partial charge < -0.3 is 5.11 Å². The molecule has 1 aromatic heterocycles. The minimum atomic E-state index is -0.913. The molecule has 2 rings (SSSR count). The van der Waals surface area contributed by atoms with Crippen molar-refractivity contribution in [2.45, 2.75) is 38.4 Å². The number of rotatable bonds is 7. The Kier molecular flexibility index (Phi) is 5.52. The van der Waals surface area contributed by atoms with Crippen LogP contribution < -0.4 is 4.90 Å². The Balaban J connectivity index is 2.02. The van der Waals surface area contributed by atoms with Gasteiger partial charge in [-0.15, -0.1) is 22.0 Å². The van der Waals surface area contributed by atoms with Crippen molar-refractivity contribution >= 4 is 46.0 Å². The largest absolute Gasteiger partial charge is 0.481 e. The van der Waals surface area contributed by atoms with Crippen molar-refractivity contribution in [2.24, 2.45) is 5.92 Å². The quantitative estimate of drug-likeness (QED) is 0.750. The zero-order valence-corrected chi connectivity index (χ0v) is 13.9. The van der Waals surface area contributed by atoms with Crippen LogP contribution in [-0.4, -0.2) is 44.1 Å². The van der Waals surface area contributed by atoms with E-state index in [1.54, 1.807) is 0 Å². The monoisotopic (exact) mass is 343 g/mol. The minimum absolute atomic E-state index is 0.0278. The second-order valence-corrected chi connectivity index (χ2v) is 7.70. The van der Waals surface area contributed by atoms with Crippen molar-refractivity contribution in [3.8, 4) is 0 Å². The Hall–Kier alpha value is -1.48. The lowest BCUT2D eigenvalue weighted by atomic mass is 10.1. The number of carbonyl (C=O) groups excluding carboxylic acids is 2. The van der Waals surface area contributed by atoms with Crippen molar-refractivity contribution in [1.29, 1.82) is 0 Å². The third-order valence-electron chi connectivity index (χ3n) is 2.97. The number of hydrogen-bond donors (Lipinski definition) is 1. The molecule has 1 aliphatic rings. The molecule has 1 aliphatic heterocycles. The summed E-state index contributed by atoms with van der Waals surface area (Å²) in [6.07, 6.45) is 0.812. The van der Waals surface area contributed by atoms with Crippen LogP contribution >= 0.6 is 23.1 Å². The topological polar surface area (TPSA) is 100 Å². The van der Waals surface area contributed by atoms with Gasteiger partial charge in [0, 0.05) is 18.6 Å². The normalized spacial score (nSPS) is 18.5. The van der Waals surface area contributed by atoms with Crippen molar-refractivity contribution in [2.75, 3.05) is 10.7 Å². The Morgan fingerprint density at radius 3 is 2.82 bits per heavy atom. The van der Waals surface area contributed by atoms with E-state index in [0.29, 0.717) is 16.8 Å². The number of anilines is 1. The second-order valence-electron chi connectivity index (χ2n) is 5.35.